The van der Waals surface area contributed by atoms with Gasteiger partial charge < -0.3 is 14.6 Å². The number of carboxylic acids is 1. The largest absolute Gasteiger partial charge is 0.497 e. The van der Waals surface area contributed by atoms with Gasteiger partial charge in [0.15, 0.2) is 5.69 Å². The van der Waals surface area contributed by atoms with Gasteiger partial charge in [-0.05, 0) is 12.1 Å². The minimum Gasteiger partial charge on any atom is -0.497 e. The average Bonchev–Trinajstić information content (AvgIpc) is 2.78. The van der Waals surface area contributed by atoms with Crippen molar-refractivity contribution in [3.05, 3.63) is 35.7 Å². The Bertz CT molecular complexity index is 594. The molecule has 1 heterocycles. The third-order valence-corrected chi connectivity index (χ3v) is 2.56. The highest BCUT2D eigenvalue weighted by atomic mass is 16.5. The summed E-state index contributed by atoms with van der Waals surface area (Å²) in [5, 5.41) is 16.2. The molecule has 2 rings (SSSR count). The molecule has 0 radical (unpaired) electrons. The summed E-state index contributed by atoms with van der Waals surface area (Å²) in [6.07, 6.45) is 0. The first-order chi connectivity index (χ1) is 9.11. The Morgan fingerprint density at radius 2 is 2.16 bits per heavy atom. The van der Waals surface area contributed by atoms with E-state index in [0.717, 1.165) is 0 Å². The number of ether oxygens (including phenoxy) is 2. The zero-order valence-corrected chi connectivity index (χ0v) is 10.5. The van der Waals surface area contributed by atoms with Gasteiger partial charge in [0.1, 0.15) is 23.8 Å². The van der Waals surface area contributed by atoms with E-state index in [4.69, 9.17) is 14.6 Å². The molecule has 0 aliphatic carbocycles. The van der Waals surface area contributed by atoms with Crippen molar-refractivity contribution in [2.45, 2.75) is 6.61 Å². The molecule has 2 aromatic rings. The van der Waals surface area contributed by atoms with Crippen molar-refractivity contribution in [3.8, 4) is 11.5 Å². The molecule has 0 spiro atoms. The molecule has 7 heteroatoms. The first-order valence-electron chi connectivity index (χ1n) is 5.50. The van der Waals surface area contributed by atoms with Gasteiger partial charge in [-0.2, -0.15) is 0 Å². The van der Waals surface area contributed by atoms with Crippen molar-refractivity contribution in [2.24, 2.45) is 7.05 Å². The first kappa shape index (κ1) is 12.9. The van der Waals surface area contributed by atoms with E-state index < -0.39 is 5.97 Å². The van der Waals surface area contributed by atoms with Crippen molar-refractivity contribution in [1.29, 1.82) is 0 Å². The van der Waals surface area contributed by atoms with Crippen LogP contribution >= 0.6 is 0 Å². The Morgan fingerprint density at radius 3 is 2.84 bits per heavy atom. The number of carbonyl (C=O) groups is 1. The van der Waals surface area contributed by atoms with Crippen LogP contribution in [0.5, 0.6) is 11.5 Å². The molecule has 100 valence electrons. The number of methoxy groups -OCH3 is 1. The molecule has 0 bridgehead atoms. The number of nitrogens with zero attached hydrogens (tertiary/aromatic N) is 3. The molecule has 0 amide bonds. The third-order valence-electron chi connectivity index (χ3n) is 2.56. The van der Waals surface area contributed by atoms with Crippen LogP contribution in [0.3, 0.4) is 0 Å². The molecule has 0 saturated carbocycles. The highest BCUT2D eigenvalue weighted by Crippen LogP contribution is 2.20. The van der Waals surface area contributed by atoms with Crippen molar-refractivity contribution in [1.82, 2.24) is 15.0 Å². The topological polar surface area (TPSA) is 86.5 Å². The Balaban J connectivity index is 2.14. The van der Waals surface area contributed by atoms with Gasteiger partial charge in [0, 0.05) is 13.1 Å². The Hall–Kier alpha value is -2.57. The van der Waals surface area contributed by atoms with E-state index in [-0.39, 0.29) is 12.3 Å². The molecule has 19 heavy (non-hydrogen) atoms. The molecule has 1 aromatic carbocycles. The summed E-state index contributed by atoms with van der Waals surface area (Å²) in [7, 11) is 3.18. The minimum atomic E-state index is -1.13. The van der Waals surface area contributed by atoms with Gasteiger partial charge in [-0.1, -0.05) is 11.3 Å². The summed E-state index contributed by atoms with van der Waals surface area (Å²) in [4.78, 5) is 11.0. The Kier molecular flexibility index (Phi) is 3.65. The predicted octanol–water partition coefficient (Wildman–Crippen LogP) is 1.10. The van der Waals surface area contributed by atoms with Crippen molar-refractivity contribution < 1.29 is 19.4 Å². The fourth-order valence-corrected chi connectivity index (χ4v) is 1.55. The van der Waals surface area contributed by atoms with Gasteiger partial charge >= 0.3 is 5.97 Å². The molecular weight excluding hydrogens is 250 g/mol. The molecule has 0 fully saturated rings. The number of aromatic nitrogens is 3. The fourth-order valence-electron chi connectivity index (χ4n) is 1.55. The number of benzene rings is 1. The lowest BCUT2D eigenvalue weighted by molar-refractivity contribution is 0.0687. The van der Waals surface area contributed by atoms with Crippen molar-refractivity contribution >= 4 is 5.97 Å². The second-order valence-corrected chi connectivity index (χ2v) is 3.78. The van der Waals surface area contributed by atoms with Crippen LogP contribution in [-0.4, -0.2) is 33.2 Å². The van der Waals surface area contributed by atoms with E-state index in [1.807, 2.05) is 0 Å². The summed E-state index contributed by atoms with van der Waals surface area (Å²) >= 11 is 0. The molecule has 0 atom stereocenters. The van der Waals surface area contributed by atoms with E-state index in [9.17, 15) is 4.79 Å². The lowest BCUT2D eigenvalue weighted by atomic mass is 10.3. The van der Waals surface area contributed by atoms with E-state index in [1.54, 1.807) is 38.4 Å². The fraction of sp³-hybridized carbons (Fsp3) is 0.250. The lowest BCUT2D eigenvalue weighted by Crippen LogP contribution is -2.08. The molecule has 1 N–H and O–H groups in total. The highest BCUT2D eigenvalue weighted by Gasteiger charge is 2.17. The predicted molar refractivity (Wildman–Crippen MR) is 65.3 cm³/mol. The molecule has 1 aromatic heterocycles. The maximum atomic E-state index is 11.0. The summed E-state index contributed by atoms with van der Waals surface area (Å²) in [6, 6.07) is 7.05. The van der Waals surface area contributed by atoms with Gasteiger partial charge in [0.2, 0.25) is 0 Å². The number of rotatable bonds is 5. The van der Waals surface area contributed by atoms with Crippen LogP contribution < -0.4 is 9.47 Å². The smallest absolute Gasteiger partial charge is 0.358 e. The Labute approximate surface area is 109 Å². The summed E-state index contributed by atoms with van der Waals surface area (Å²) < 4.78 is 12.0. The molecular formula is C12H13N3O4. The summed E-state index contributed by atoms with van der Waals surface area (Å²) in [6.45, 7) is 0.0678. The van der Waals surface area contributed by atoms with Crippen LogP contribution in [0.1, 0.15) is 16.2 Å². The van der Waals surface area contributed by atoms with Crippen LogP contribution in [0.25, 0.3) is 0 Å². The van der Waals surface area contributed by atoms with Crippen molar-refractivity contribution in [3.63, 3.8) is 0 Å². The molecule has 0 aliphatic rings. The van der Waals surface area contributed by atoms with Crippen molar-refractivity contribution in [2.75, 3.05) is 7.11 Å². The lowest BCUT2D eigenvalue weighted by Gasteiger charge is -2.08. The zero-order valence-electron chi connectivity index (χ0n) is 10.5. The maximum Gasteiger partial charge on any atom is 0.358 e. The Morgan fingerprint density at radius 1 is 1.42 bits per heavy atom. The van der Waals surface area contributed by atoms with Gasteiger partial charge in [0.25, 0.3) is 0 Å². The van der Waals surface area contributed by atoms with Crippen LogP contribution in [-0.2, 0) is 13.7 Å². The molecule has 7 nitrogen and oxygen atoms in total. The average molecular weight is 263 g/mol. The zero-order chi connectivity index (χ0) is 13.8. The molecule has 0 saturated heterocycles. The number of hydrogen-bond donors (Lipinski definition) is 1. The summed E-state index contributed by atoms with van der Waals surface area (Å²) in [5.74, 6) is 0.119. The number of aromatic carboxylic acids is 1. The van der Waals surface area contributed by atoms with Crippen LogP contribution in [0, 0.1) is 0 Å². The molecule has 0 aliphatic heterocycles. The van der Waals surface area contributed by atoms with E-state index >= 15 is 0 Å². The third kappa shape index (κ3) is 2.82. The quantitative estimate of drug-likeness (QED) is 0.869. The van der Waals surface area contributed by atoms with Gasteiger partial charge in [-0.15, -0.1) is 5.10 Å². The maximum absolute atomic E-state index is 11.0. The van der Waals surface area contributed by atoms with Crippen LogP contribution in [0.2, 0.25) is 0 Å². The second kappa shape index (κ2) is 5.38. The summed E-state index contributed by atoms with van der Waals surface area (Å²) in [5.41, 5.74) is 0.292. The van der Waals surface area contributed by atoms with E-state index in [0.29, 0.717) is 17.2 Å². The minimum absolute atomic E-state index is 0.0678. The number of hydrogen-bond acceptors (Lipinski definition) is 5. The van der Waals surface area contributed by atoms with Gasteiger partial charge in [0.05, 0.1) is 7.11 Å². The highest BCUT2D eigenvalue weighted by molar-refractivity contribution is 5.86. The van der Waals surface area contributed by atoms with Gasteiger partial charge in [-0.3, -0.25) is 0 Å². The monoisotopic (exact) mass is 263 g/mol. The van der Waals surface area contributed by atoms with E-state index in [1.165, 1.54) is 4.68 Å². The number of carboxylic acid groups (broad SMARTS) is 1. The SMILES string of the molecule is COc1cccc(OCc2c(C(=O)O)nnn2C)c1. The normalized spacial score (nSPS) is 10.2. The molecule has 0 unspecified atom stereocenters. The van der Waals surface area contributed by atoms with Crippen LogP contribution in [0.15, 0.2) is 24.3 Å². The van der Waals surface area contributed by atoms with Gasteiger partial charge in [-0.25, -0.2) is 9.48 Å². The van der Waals surface area contributed by atoms with E-state index in [2.05, 4.69) is 10.3 Å². The van der Waals surface area contributed by atoms with Crippen LogP contribution in [0.4, 0.5) is 0 Å². The standard InChI is InChI=1S/C12H13N3O4/c1-15-10(11(12(16)17)13-14-15)7-19-9-5-3-4-8(6-9)18-2/h3-6H,7H2,1-2H3,(H,16,17). The number of aryl methyl sites for hydroxylation is 1. The second-order valence-electron chi connectivity index (χ2n) is 3.78. The first-order valence-corrected chi connectivity index (χ1v) is 5.50.